The van der Waals surface area contributed by atoms with Crippen LogP contribution in [0, 0.1) is 0 Å². The van der Waals surface area contributed by atoms with Gasteiger partial charge >= 0.3 is 0 Å². The van der Waals surface area contributed by atoms with E-state index in [9.17, 15) is 9.59 Å². The molecule has 0 aliphatic carbocycles. The number of benzene rings is 1. The number of methoxy groups -OCH3 is 1. The van der Waals surface area contributed by atoms with E-state index in [0.29, 0.717) is 34.5 Å². The van der Waals surface area contributed by atoms with Gasteiger partial charge in [0.2, 0.25) is 0 Å². The number of rotatable bonds is 9. The van der Waals surface area contributed by atoms with Crippen molar-refractivity contribution in [3.63, 3.8) is 0 Å². The van der Waals surface area contributed by atoms with Crippen LogP contribution < -0.4 is 20.3 Å². The highest BCUT2D eigenvalue weighted by atomic mass is 35.5. The molecular formula is C25H30Cl2N4O4. The number of ether oxygens (including phenoxy) is 2. The van der Waals surface area contributed by atoms with Gasteiger partial charge in [0.05, 0.1) is 17.2 Å². The van der Waals surface area contributed by atoms with Crippen LogP contribution in [-0.2, 0) is 9.53 Å². The summed E-state index contributed by atoms with van der Waals surface area (Å²) in [6, 6.07) is 9.27. The molecule has 8 nitrogen and oxygen atoms in total. The second kappa shape index (κ2) is 11.5. The number of fused-ring (bicyclic) bond motifs is 2. The van der Waals surface area contributed by atoms with Crippen LogP contribution >= 0.6 is 23.2 Å². The predicted molar refractivity (Wildman–Crippen MR) is 135 cm³/mol. The third kappa shape index (κ3) is 6.18. The maximum atomic E-state index is 12.8. The number of carbonyl (C=O) groups is 2. The molecule has 2 bridgehead atoms. The molecule has 0 radical (unpaired) electrons. The van der Waals surface area contributed by atoms with Gasteiger partial charge in [-0.05, 0) is 62.9 Å². The Bertz CT molecular complexity index is 1040. The quantitative estimate of drug-likeness (QED) is 0.488. The van der Waals surface area contributed by atoms with Crippen LogP contribution in [0.25, 0.3) is 0 Å². The number of nitrogens with one attached hydrogen (secondary N) is 2. The lowest BCUT2D eigenvalue weighted by molar-refractivity contribution is -0.128. The first kappa shape index (κ1) is 25.5. The van der Waals surface area contributed by atoms with E-state index in [1.54, 1.807) is 44.5 Å². The minimum absolute atomic E-state index is 0.0637. The molecule has 2 aromatic rings. The molecule has 1 unspecified atom stereocenters. The molecule has 10 heteroatoms. The molecule has 35 heavy (non-hydrogen) atoms. The molecule has 0 spiro atoms. The van der Waals surface area contributed by atoms with Crippen LogP contribution in [0.15, 0.2) is 36.5 Å². The summed E-state index contributed by atoms with van der Waals surface area (Å²) in [4.78, 5) is 31.9. The van der Waals surface area contributed by atoms with Gasteiger partial charge in [-0.1, -0.05) is 23.2 Å². The highest BCUT2D eigenvalue weighted by Gasteiger charge is 2.42. The lowest BCUT2D eigenvalue weighted by atomic mass is 9.97. The van der Waals surface area contributed by atoms with Gasteiger partial charge in [0, 0.05) is 43.0 Å². The maximum absolute atomic E-state index is 12.8. The first-order valence-electron chi connectivity index (χ1n) is 11.8. The van der Waals surface area contributed by atoms with E-state index in [1.807, 2.05) is 6.07 Å². The SMILES string of the molecule is COCCNC(=O)c1ccc(N2[C@@H]3CC[C@H]2C[C@@H](NC(=O)C(C)Oc2ccc(Cl)cc2Cl)C3)nc1. The van der Waals surface area contributed by atoms with E-state index in [4.69, 9.17) is 32.7 Å². The standard InChI is InChI=1S/C25H30Cl2N4O4/c1-15(35-22-7-4-17(26)11-21(22)27)24(32)30-18-12-19-5-6-20(13-18)31(19)23-8-3-16(14-29-23)25(33)28-9-10-34-2/h3-4,7-8,11,14-15,18-20H,5-6,9-10,12-13H2,1-2H3,(H,28,33)(H,30,32)/t15?,18-,19+,20-. The van der Waals surface area contributed by atoms with Crippen molar-refractivity contribution >= 4 is 40.8 Å². The zero-order chi connectivity index (χ0) is 24.9. The summed E-state index contributed by atoms with van der Waals surface area (Å²) in [7, 11) is 1.59. The number of halogens is 2. The van der Waals surface area contributed by atoms with Gasteiger partial charge in [-0.2, -0.15) is 0 Å². The molecular weight excluding hydrogens is 491 g/mol. The fourth-order valence-electron chi connectivity index (χ4n) is 4.84. The lowest BCUT2D eigenvalue weighted by Crippen LogP contribution is -2.52. The van der Waals surface area contributed by atoms with Crippen LogP contribution in [0.5, 0.6) is 5.75 Å². The van der Waals surface area contributed by atoms with Gasteiger partial charge in [-0.3, -0.25) is 9.59 Å². The Morgan fingerprint density at radius 1 is 1.17 bits per heavy atom. The van der Waals surface area contributed by atoms with E-state index in [1.165, 1.54) is 0 Å². The average molecular weight is 521 g/mol. The topological polar surface area (TPSA) is 92.8 Å². The maximum Gasteiger partial charge on any atom is 0.260 e. The molecule has 2 amide bonds. The number of piperidine rings is 1. The Morgan fingerprint density at radius 3 is 2.54 bits per heavy atom. The Labute approximate surface area is 215 Å². The number of anilines is 1. The largest absolute Gasteiger partial charge is 0.479 e. The summed E-state index contributed by atoms with van der Waals surface area (Å²) in [5.74, 6) is 0.956. The molecule has 188 valence electrons. The van der Waals surface area contributed by atoms with Gasteiger partial charge in [0.1, 0.15) is 11.6 Å². The van der Waals surface area contributed by atoms with Gasteiger partial charge in [-0.25, -0.2) is 4.98 Å². The second-order valence-corrected chi connectivity index (χ2v) is 9.80. The van der Waals surface area contributed by atoms with E-state index in [2.05, 4.69) is 20.5 Å². The molecule has 3 heterocycles. The van der Waals surface area contributed by atoms with Crippen LogP contribution in [-0.4, -0.2) is 61.3 Å². The summed E-state index contributed by atoms with van der Waals surface area (Å²) < 4.78 is 10.7. The number of nitrogens with zero attached hydrogens (tertiary/aromatic N) is 2. The van der Waals surface area contributed by atoms with Crippen LogP contribution in [0.2, 0.25) is 10.0 Å². The van der Waals surface area contributed by atoms with Gasteiger partial charge in [0.15, 0.2) is 6.10 Å². The number of carbonyl (C=O) groups excluding carboxylic acids is 2. The summed E-state index contributed by atoms with van der Waals surface area (Å²) in [6.45, 7) is 2.63. The Hall–Kier alpha value is -2.55. The van der Waals surface area contributed by atoms with Crippen molar-refractivity contribution in [2.45, 2.75) is 56.8 Å². The fraction of sp³-hybridized carbons (Fsp3) is 0.480. The zero-order valence-electron chi connectivity index (χ0n) is 19.8. The van der Waals surface area contributed by atoms with Crippen LogP contribution in [0.4, 0.5) is 5.82 Å². The van der Waals surface area contributed by atoms with Crippen molar-refractivity contribution in [1.82, 2.24) is 15.6 Å². The molecule has 4 rings (SSSR count). The van der Waals surface area contributed by atoms with Crippen molar-refractivity contribution in [1.29, 1.82) is 0 Å². The first-order valence-corrected chi connectivity index (χ1v) is 12.5. The van der Waals surface area contributed by atoms with E-state index < -0.39 is 6.10 Å². The van der Waals surface area contributed by atoms with Gasteiger partial charge in [-0.15, -0.1) is 0 Å². The fourth-order valence-corrected chi connectivity index (χ4v) is 5.30. The molecule has 0 saturated carbocycles. The number of hydrogen-bond acceptors (Lipinski definition) is 6. The third-order valence-electron chi connectivity index (χ3n) is 6.51. The second-order valence-electron chi connectivity index (χ2n) is 8.96. The van der Waals surface area contributed by atoms with Crippen molar-refractivity contribution < 1.29 is 19.1 Å². The number of hydrogen-bond donors (Lipinski definition) is 2. The first-order chi connectivity index (χ1) is 16.9. The number of amides is 2. The van der Waals surface area contributed by atoms with Crippen LogP contribution in [0.1, 0.15) is 43.0 Å². The third-order valence-corrected chi connectivity index (χ3v) is 7.04. The summed E-state index contributed by atoms with van der Waals surface area (Å²) >= 11 is 12.1. The van der Waals surface area contributed by atoms with E-state index in [0.717, 1.165) is 31.5 Å². The Kier molecular flexibility index (Phi) is 8.36. The molecule has 4 atom stereocenters. The monoisotopic (exact) mass is 520 g/mol. The molecule has 2 fully saturated rings. The summed E-state index contributed by atoms with van der Waals surface area (Å²) in [5, 5.41) is 6.83. The number of aromatic nitrogens is 1. The minimum atomic E-state index is -0.686. The summed E-state index contributed by atoms with van der Waals surface area (Å²) in [5.41, 5.74) is 0.522. The lowest BCUT2D eigenvalue weighted by Gasteiger charge is -2.40. The average Bonchev–Trinajstić information content (AvgIpc) is 3.11. The Morgan fingerprint density at radius 2 is 1.91 bits per heavy atom. The molecule has 2 saturated heterocycles. The molecule has 2 aliphatic rings. The molecule has 2 aliphatic heterocycles. The Balaban J connectivity index is 1.32. The molecule has 2 N–H and O–H groups in total. The van der Waals surface area contributed by atoms with Gasteiger partial charge in [0.25, 0.3) is 11.8 Å². The smallest absolute Gasteiger partial charge is 0.260 e. The van der Waals surface area contributed by atoms with Crippen LogP contribution in [0.3, 0.4) is 0 Å². The van der Waals surface area contributed by atoms with Gasteiger partial charge < -0.3 is 25.0 Å². The van der Waals surface area contributed by atoms with Crippen molar-refractivity contribution in [2.24, 2.45) is 0 Å². The highest BCUT2D eigenvalue weighted by molar-refractivity contribution is 6.35. The highest BCUT2D eigenvalue weighted by Crippen LogP contribution is 2.38. The van der Waals surface area contributed by atoms with Crippen molar-refractivity contribution in [2.75, 3.05) is 25.2 Å². The predicted octanol–water partition coefficient (Wildman–Crippen LogP) is 3.85. The normalized spacial score (nSPS) is 21.9. The summed E-state index contributed by atoms with van der Waals surface area (Å²) in [6.07, 6.45) is 4.68. The molecule has 1 aromatic carbocycles. The van der Waals surface area contributed by atoms with Crippen molar-refractivity contribution in [3.05, 3.63) is 52.1 Å². The molecule has 1 aromatic heterocycles. The van der Waals surface area contributed by atoms with Crippen molar-refractivity contribution in [3.8, 4) is 5.75 Å². The minimum Gasteiger partial charge on any atom is -0.479 e. The zero-order valence-corrected chi connectivity index (χ0v) is 21.3. The number of pyridine rings is 1. The van der Waals surface area contributed by atoms with E-state index in [-0.39, 0.29) is 29.9 Å². The van der Waals surface area contributed by atoms with E-state index >= 15 is 0 Å².